The highest BCUT2D eigenvalue weighted by Gasteiger charge is 2.16. The molecule has 0 atom stereocenters. The van der Waals surface area contributed by atoms with Crippen LogP contribution in [-0.4, -0.2) is 27.4 Å². The summed E-state index contributed by atoms with van der Waals surface area (Å²) in [4.78, 5) is 1.28. The van der Waals surface area contributed by atoms with Crippen LogP contribution in [0.25, 0.3) is 0 Å². The van der Waals surface area contributed by atoms with Crippen molar-refractivity contribution in [1.82, 2.24) is 20.3 Å². The molecule has 26 heavy (non-hydrogen) atoms. The van der Waals surface area contributed by atoms with Gasteiger partial charge in [0.05, 0.1) is 13.7 Å². The molecular weight excluding hydrogens is 424 g/mol. The fraction of sp³-hybridized carbons (Fsp3) is 0.188. The second-order valence-corrected chi connectivity index (χ2v) is 6.55. The van der Waals surface area contributed by atoms with Crippen molar-refractivity contribution in [1.29, 1.82) is 0 Å². The number of rotatable bonds is 7. The summed E-state index contributed by atoms with van der Waals surface area (Å²) in [5.74, 6) is 1.36. The predicted octanol–water partition coefficient (Wildman–Crippen LogP) is 3.00. The Labute approximate surface area is 163 Å². The zero-order valence-corrected chi connectivity index (χ0v) is 16.2. The van der Waals surface area contributed by atoms with E-state index in [1.807, 2.05) is 36.4 Å². The Hall–Kier alpha value is -2.52. The summed E-state index contributed by atoms with van der Waals surface area (Å²) in [5.41, 5.74) is 10.5. The van der Waals surface area contributed by atoms with Gasteiger partial charge >= 0.3 is 0 Å². The van der Waals surface area contributed by atoms with Crippen molar-refractivity contribution >= 4 is 33.5 Å². The third kappa shape index (κ3) is 4.17. The van der Waals surface area contributed by atoms with Crippen molar-refractivity contribution in [2.45, 2.75) is 13.2 Å². The number of anilines is 1. The van der Waals surface area contributed by atoms with E-state index in [1.165, 1.54) is 4.79 Å². The summed E-state index contributed by atoms with van der Waals surface area (Å²) < 4.78 is 12.3. The van der Waals surface area contributed by atoms with Gasteiger partial charge in [-0.25, -0.2) is 0 Å². The minimum atomic E-state index is 0.158. The van der Waals surface area contributed by atoms with Crippen molar-refractivity contribution in [3.8, 4) is 11.5 Å². The Balaban J connectivity index is 1.84. The molecule has 1 heterocycles. The van der Waals surface area contributed by atoms with Gasteiger partial charge in [0.15, 0.2) is 11.5 Å². The molecule has 3 aromatic rings. The van der Waals surface area contributed by atoms with Crippen LogP contribution in [0.15, 0.2) is 40.9 Å². The minimum absolute atomic E-state index is 0.158. The van der Waals surface area contributed by atoms with Crippen LogP contribution >= 0.6 is 27.5 Å². The smallest absolute Gasteiger partial charge is 0.260 e. The van der Waals surface area contributed by atoms with E-state index in [0.29, 0.717) is 29.7 Å². The number of nitrogens with two attached hydrogens (primary N) is 1. The zero-order valence-electron chi connectivity index (χ0n) is 13.8. The number of benzene rings is 2. The predicted molar refractivity (Wildman–Crippen MR) is 102 cm³/mol. The molecule has 1 aromatic heterocycles. The summed E-state index contributed by atoms with van der Waals surface area (Å²) in [5, 5.41) is 11.5. The quantitative estimate of drug-likeness (QED) is 0.583. The van der Waals surface area contributed by atoms with Crippen LogP contribution in [0.5, 0.6) is 11.5 Å². The van der Waals surface area contributed by atoms with E-state index in [1.54, 1.807) is 7.11 Å². The standard InChI is InChI=1S/C16H16BrClN6O2/c1-25-14-6-5-13(17)12(8-20-24-16(19)21-22-23-24)15(14)26-9-10-3-2-4-11(18)7-10/h2-7,20H,8-9H2,1H3,(H2,19,21,23). The molecule has 0 fully saturated rings. The van der Waals surface area contributed by atoms with E-state index in [2.05, 4.69) is 36.9 Å². The molecule has 0 saturated heterocycles. The molecule has 0 amide bonds. The fourth-order valence-corrected chi connectivity index (χ4v) is 2.97. The molecule has 0 bridgehead atoms. The van der Waals surface area contributed by atoms with E-state index < -0.39 is 0 Å². The van der Waals surface area contributed by atoms with Crippen LogP contribution in [0.1, 0.15) is 11.1 Å². The third-order valence-corrected chi connectivity index (χ3v) is 4.54. The Morgan fingerprint density at radius 1 is 1.31 bits per heavy atom. The number of hydrogen-bond acceptors (Lipinski definition) is 7. The first-order valence-corrected chi connectivity index (χ1v) is 8.76. The molecule has 3 rings (SSSR count). The van der Waals surface area contributed by atoms with Gasteiger partial charge in [0.2, 0.25) is 0 Å². The highest BCUT2D eigenvalue weighted by atomic mass is 79.9. The monoisotopic (exact) mass is 438 g/mol. The number of nitrogens with zero attached hydrogens (tertiary/aromatic N) is 4. The van der Waals surface area contributed by atoms with Gasteiger partial charge in [-0.1, -0.05) is 44.8 Å². The molecule has 8 nitrogen and oxygen atoms in total. The van der Waals surface area contributed by atoms with E-state index in [0.717, 1.165) is 15.6 Å². The van der Waals surface area contributed by atoms with Crippen LogP contribution in [0, 0.1) is 0 Å². The first kappa shape index (κ1) is 18.3. The average Bonchev–Trinajstić information content (AvgIpc) is 3.04. The maximum atomic E-state index is 6.04. The summed E-state index contributed by atoms with van der Waals surface area (Å²) in [6.07, 6.45) is 0. The van der Waals surface area contributed by atoms with Crippen molar-refractivity contribution in [2.24, 2.45) is 0 Å². The largest absolute Gasteiger partial charge is 0.493 e. The second-order valence-electron chi connectivity index (χ2n) is 5.26. The highest BCUT2D eigenvalue weighted by Crippen LogP contribution is 2.37. The Morgan fingerprint density at radius 3 is 2.85 bits per heavy atom. The fourth-order valence-electron chi connectivity index (χ4n) is 2.31. The van der Waals surface area contributed by atoms with Crippen LogP contribution in [0.4, 0.5) is 5.95 Å². The van der Waals surface area contributed by atoms with E-state index in [-0.39, 0.29) is 5.95 Å². The Bertz CT molecular complexity index is 904. The summed E-state index contributed by atoms with van der Waals surface area (Å²) >= 11 is 9.57. The Kier molecular flexibility index (Phi) is 5.79. The molecule has 0 radical (unpaired) electrons. The second kappa shape index (κ2) is 8.24. The van der Waals surface area contributed by atoms with Crippen molar-refractivity contribution in [2.75, 3.05) is 18.3 Å². The topological polar surface area (TPSA) is 100 Å². The molecule has 0 spiro atoms. The maximum Gasteiger partial charge on any atom is 0.260 e. The number of hydrogen-bond donors (Lipinski definition) is 2. The Morgan fingerprint density at radius 2 is 2.15 bits per heavy atom. The first-order chi connectivity index (χ1) is 12.6. The van der Waals surface area contributed by atoms with Crippen LogP contribution in [0.2, 0.25) is 5.02 Å². The molecule has 2 aromatic carbocycles. The molecule has 10 heteroatoms. The normalized spacial score (nSPS) is 10.6. The summed E-state index contributed by atoms with van der Waals surface area (Å²) in [7, 11) is 1.59. The minimum Gasteiger partial charge on any atom is -0.493 e. The third-order valence-electron chi connectivity index (χ3n) is 3.56. The number of ether oxygens (including phenoxy) is 2. The maximum absolute atomic E-state index is 6.04. The summed E-state index contributed by atoms with van der Waals surface area (Å²) in [6, 6.07) is 11.2. The lowest BCUT2D eigenvalue weighted by Gasteiger charge is -2.17. The molecule has 0 saturated carbocycles. The molecule has 3 N–H and O–H groups in total. The molecular formula is C16H16BrClN6O2. The van der Waals surface area contributed by atoms with Crippen molar-refractivity contribution in [3.05, 3.63) is 57.0 Å². The van der Waals surface area contributed by atoms with Crippen molar-refractivity contribution < 1.29 is 9.47 Å². The van der Waals surface area contributed by atoms with Gasteiger partial charge in [0.25, 0.3) is 5.95 Å². The van der Waals surface area contributed by atoms with Crippen LogP contribution in [0.3, 0.4) is 0 Å². The van der Waals surface area contributed by atoms with Gasteiger partial charge < -0.3 is 20.6 Å². The number of nitrogen functional groups attached to an aromatic ring is 1. The van der Waals surface area contributed by atoms with Gasteiger partial charge in [0.1, 0.15) is 6.61 Å². The zero-order chi connectivity index (χ0) is 18.5. The van der Waals surface area contributed by atoms with Gasteiger partial charge in [-0.3, -0.25) is 0 Å². The van der Waals surface area contributed by atoms with E-state index >= 15 is 0 Å². The summed E-state index contributed by atoms with van der Waals surface area (Å²) in [6.45, 7) is 0.700. The molecule has 0 unspecified atom stereocenters. The number of nitrogens with one attached hydrogen (secondary N) is 1. The van der Waals surface area contributed by atoms with E-state index in [4.69, 9.17) is 26.8 Å². The van der Waals surface area contributed by atoms with Gasteiger partial charge in [0, 0.05) is 15.1 Å². The highest BCUT2D eigenvalue weighted by molar-refractivity contribution is 9.10. The molecule has 0 aliphatic rings. The number of tetrazole rings is 1. The van der Waals surface area contributed by atoms with E-state index in [9.17, 15) is 0 Å². The number of halogens is 2. The number of aromatic nitrogens is 4. The van der Waals surface area contributed by atoms with Gasteiger partial charge in [-0.05, 0) is 40.3 Å². The SMILES string of the molecule is COc1ccc(Br)c(CNn2nnnc2N)c1OCc1cccc(Cl)c1. The van der Waals surface area contributed by atoms with Gasteiger partial charge in [-0.2, -0.15) is 0 Å². The lowest BCUT2D eigenvalue weighted by molar-refractivity contribution is 0.281. The van der Waals surface area contributed by atoms with Gasteiger partial charge in [-0.15, -0.1) is 4.79 Å². The molecule has 0 aliphatic carbocycles. The van der Waals surface area contributed by atoms with Crippen LogP contribution in [-0.2, 0) is 13.2 Å². The molecule has 0 aliphatic heterocycles. The average molecular weight is 440 g/mol. The number of methoxy groups -OCH3 is 1. The lowest BCUT2D eigenvalue weighted by Crippen LogP contribution is -2.19. The van der Waals surface area contributed by atoms with Crippen molar-refractivity contribution in [3.63, 3.8) is 0 Å². The molecule has 136 valence electrons. The van der Waals surface area contributed by atoms with Crippen LogP contribution < -0.4 is 20.6 Å². The lowest BCUT2D eigenvalue weighted by atomic mass is 10.2. The first-order valence-electron chi connectivity index (χ1n) is 7.59.